The van der Waals surface area contributed by atoms with Crippen molar-refractivity contribution in [3.05, 3.63) is 0 Å². The van der Waals surface area contributed by atoms with Gasteiger partial charge >= 0.3 is 0 Å². The molecule has 1 unspecified atom stereocenters. The second-order valence-corrected chi connectivity index (χ2v) is 3.39. The van der Waals surface area contributed by atoms with E-state index in [9.17, 15) is 0 Å². The molecule has 0 aromatic rings. The van der Waals surface area contributed by atoms with Gasteiger partial charge in [0.1, 0.15) is 0 Å². The van der Waals surface area contributed by atoms with Gasteiger partial charge < -0.3 is 10.6 Å². The van der Waals surface area contributed by atoms with Gasteiger partial charge in [0.15, 0.2) is 0 Å². The topological polar surface area (TPSA) is 24.1 Å². The van der Waals surface area contributed by atoms with Gasteiger partial charge in [-0.15, -0.1) is 0 Å². The molecule has 68 valence electrons. The van der Waals surface area contributed by atoms with Crippen molar-refractivity contribution in [3.63, 3.8) is 0 Å². The maximum atomic E-state index is 3.44. The molecule has 0 aromatic carbocycles. The van der Waals surface area contributed by atoms with Crippen LogP contribution in [0.15, 0.2) is 0 Å². The van der Waals surface area contributed by atoms with Crippen molar-refractivity contribution in [1.82, 2.24) is 10.6 Å². The molecule has 2 N–H and O–H groups in total. The van der Waals surface area contributed by atoms with Crippen molar-refractivity contribution in [2.75, 3.05) is 20.1 Å². The van der Waals surface area contributed by atoms with E-state index >= 15 is 0 Å². The molecule has 0 aromatic heterocycles. The predicted octanol–water partition coefficient (Wildman–Crippen LogP) is 1.23. The van der Waals surface area contributed by atoms with E-state index in [0.717, 1.165) is 19.0 Å². The highest BCUT2D eigenvalue weighted by Crippen LogP contribution is 1.98. The van der Waals surface area contributed by atoms with Crippen LogP contribution in [0.1, 0.15) is 27.2 Å². The summed E-state index contributed by atoms with van der Waals surface area (Å²) in [5.74, 6) is 0.780. The van der Waals surface area contributed by atoms with Gasteiger partial charge in [-0.1, -0.05) is 27.2 Å². The molecular formula is C9H22N2. The Morgan fingerprint density at radius 1 is 1.18 bits per heavy atom. The highest BCUT2D eigenvalue weighted by molar-refractivity contribution is 4.64. The maximum Gasteiger partial charge on any atom is 0.00105 e. The van der Waals surface area contributed by atoms with Crippen molar-refractivity contribution >= 4 is 0 Å². The third-order valence-electron chi connectivity index (χ3n) is 1.88. The minimum absolute atomic E-state index is 0.612. The summed E-state index contributed by atoms with van der Waals surface area (Å²) < 4.78 is 0. The van der Waals surface area contributed by atoms with Crippen molar-refractivity contribution in [2.24, 2.45) is 5.92 Å². The van der Waals surface area contributed by atoms with Gasteiger partial charge in [0.25, 0.3) is 0 Å². The Bertz CT molecular complexity index is 81.6. The van der Waals surface area contributed by atoms with Crippen LogP contribution in [-0.2, 0) is 0 Å². The van der Waals surface area contributed by atoms with Gasteiger partial charge in [0.05, 0.1) is 0 Å². The molecule has 2 heteroatoms. The lowest BCUT2D eigenvalue weighted by Crippen LogP contribution is -2.33. The van der Waals surface area contributed by atoms with E-state index < -0.39 is 0 Å². The minimum atomic E-state index is 0.612. The Morgan fingerprint density at radius 3 is 2.18 bits per heavy atom. The maximum absolute atomic E-state index is 3.44. The third-order valence-corrected chi connectivity index (χ3v) is 1.88. The van der Waals surface area contributed by atoms with Crippen LogP contribution in [0.5, 0.6) is 0 Å². The monoisotopic (exact) mass is 158 g/mol. The van der Waals surface area contributed by atoms with Gasteiger partial charge in [-0.2, -0.15) is 0 Å². The second-order valence-electron chi connectivity index (χ2n) is 3.39. The Hall–Kier alpha value is -0.0800. The summed E-state index contributed by atoms with van der Waals surface area (Å²) in [7, 11) is 2.01. The van der Waals surface area contributed by atoms with Gasteiger partial charge in [0.2, 0.25) is 0 Å². The SMILES string of the molecule is CCC(CNC)CNC(C)C. The first-order valence-corrected chi connectivity index (χ1v) is 4.58. The van der Waals surface area contributed by atoms with Crippen LogP contribution in [0.4, 0.5) is 0 Å². The zero-order chi connectivity index (χ0) is 8.69. The molecular weight excluding hydrogens is 136 g/mol. The van der Waals surface area contributed by atoms with Crippen molar-refractivity contribution in [3.8, 4) is 0 Å². The fourth-order valence-electron chi connectivity index (χ4n) is 1.05. The first-order chi connectivity index (χ1) is 5.20. The number of rotatable bonds is 6. The zero-order valence-corrected chi connectivity index (χ0v) is 8.28. The molecule has 1 atom stereocenters. The number of hydrogen-bond donors (Lipinski definition) is 2. The number of hydrogen-bond acceptors (Lipinski definition) is 2. The van der Waals surface area contributed by atoms with Crippen molar-refractivity contribution in [1.29, 1.82) is 0 Å². The second kappa shape index (κ2) is 6.62. The van der Waals surface area contributed by atoms with Gasteiger partial charge in [-0.3, -0.25) is 0 Å². The molecule has 0 bridgehead atoms. The van der Waals surface area contributed by atoms with E-state index in [-0.39, 0.29) is 0 Å². The van der Waals surface area contributed by atoms with Crippen LogP contribution in [0.3, 0.4) is 0 Å². The Balaban J connectivity index is 3.35. The van der Waals surface area contributed by atoms with Crippen LogP contribution in [0.25, 0.3) is 0 Å². The van der Waals surface area contributed by atoms with E-state index in [1.165, 1.54) is 6.42 Å². The van der Waals surface area contributed by atoms with E-state index in [1.807, 2.05) is 7.05 Å². The summed E-state index contributed by atoms with van der Waals surface area (Å²) in [6, 6.07) is 0.612. The largest absolute Gasteiger partial charge is 0.319 e. The Kier molecular flexibility index (Phi) is 6.57. The Morgan fingerprint density at radius 2 is 1.82 bits per heavy atom. The molecule has 0 saturated heterocycles. The van der Waals surface area contributed by atoms with Crippen LogP contribution in [0.2, 0.25) is 0 Å². The first-order valence-electron chi connectivity index (χ1n) is 4.58. The minimum Gasteiger partial charge on any atom is -0.319 e. The smallest absolute Gasteiger partial charge is 0.00105 e. The molecule has 2 nitrogen and oxygen atoms in total. The molecule has 11 heavy (non-hydrogen) atoms. The summed E-state index contributed by atoms with van der Waals surface area (Å²) >= 11 is 0. The van der Waals surface area contributed by atoms with E-state index in [2.05, 4.69) is 31.4 Å². The molecule has 0 amide bonds. The Labute approximate surface area is 70.8 Å². The van der Waals surface area contributed by atoms with Gasteiger partial charge in [-0.05, 0) is 26.1 Å². The molecule has 0 aliphatic rings. The molecule has 0 fully saturated rings. The van der Waals surface area contributed by atoms with Crippen LogP contribution >= 0.6 is 0 Å². The summed E-state index contributed by atoms with van der Waals surface area (Å²) in [6.45, 7) is 8.87. The third kappa shape index (κ3) is 6.32. The predicted molar refractivity (Wildman–Crippen MR) is 50.8 cm³/mol. The first kappa shape index (κ1) is 10.9. The average Bonchev–Trinajstić information content (AvgIpc) is 1.97. The highest BCUT2D eigenvalue weighted by Gasteiger charge is 2.04. The summed E-state index contributed by atoms with van der Waals surface area (Å²) in [6.07, 6.45) is 1.25. The summed E-state index contributed by atoms with van der Waals surface area (Å²) in [4.78, 5) is 0. The van der Waals surface area contributed by atoms with Crippen LogP contribution in [0, 0.1) is 5.92 Å². The highest BCUT2D eigenvalue weighted by atomic mass is 14.9. The molecule has 0 heterocycles. The summed E-state index contributed by atoms with van der Waals surface area (Å²) in [5, 5.41) is 6.64. The normalized spacial score (nSPS) is 13.9. The fraction of sp³-hybridized carbons (Fsp3) is 1.00. The standard InChI is InChI=1S/C9H22N2/c1-5-9(6-10-4)7-11-8(2)3/h8-11H,5-7H2,1-4H3. The lowest BCUT2D eigenvalue weighted by molar-refractivity contribution is 0.424. The lowest BCUT2D eigenvalue weighted by Gasteiger charge is -2.16. The number of nitrogens with one attached hydrogen (secondary N) is 2. The van der Waals surface area contributed by atoms with Crippen LogP contribution in [-0.4, -0.2) is 26.2 Å². The van der Waals surface area contributed by atoms with E-state index in [0.29, 0.717) is 6.04 Å². The molecule has 0 aliphatic carbocycles. The molecule has 0 aliphatic heterocycles. The van der Waals surface area contributed by atoms with Crippen LogP contribution < -0.4 is 10.6 Å². The van der Waals surface area contributed by atoms with Gasteiger partial charge in [-0.25, -0.2) is 0 Å². The average molecular weight is 158 g/mol. The quantitative estimate of drug-likeness (QED) is 0.607. The van der Waals surface area contributed by atoms with Crippen molar-refractivity contribution < 1.29 is 0 Å². The van der Waals surface area contributed by atoms with Gasteiger partial charge in [0, 0.05) is 6.04 Å². The molecule has 0 spiro atoms. The fourth-order valence-corrected chi connectivity index (χ4v) is 1.05. The van der Waals surface area contributed by atoms with Crippen molar-refractivity contribution in [2.45, 2.75) is 33.2 Å². The lowest BCUT2D eigenvalue weighted by atomic mass is 10.1. The molecule has 0 saturated carbocycles. The van der Waals surface area contributed by atoms with E-state index in [1.54, 1.807) is 0 Å². The molecule has 0 radical (unpaired) electrons. The van der Waals surface area contributed by atoms with E-state index in [4.69, 9.17) is 0 Å². The zero-order valence-electron chi connectivity index (χ0n) is 8.28. The molecule has 0 rings (SSSR count). The summed E-state index contributed by atoms with van der Waals surface area (Å²) in [5.41, 5.74) is 0.